The van der Waals surface area contributed by atoms with Crippen molar-refractivity contribution in [2.75, 3.05) is 24.6 Å². The highest BCUT2D eigenvalue weighted by Crippen LogP contribution is 2.08. The van der Waals surface area contributed by atoms with Crippen LogP contribution >= 0.6 is 11.8 Å². The van der Waals surface area contributed by atoms with Gasteiger partial charge in [-0.2, -0.15) is 11.8 Å². The third-order valence-electron chi connectivity index (χ3n) is 2.54. The minimum atomic E-state index is -0.769. The Morgan fingerprint density at radius 2 is 2.00 bits per heavy atom. The third-order valence-corrected chi connectivity index (χ3v) is 3.51. The Bertz CT molecular complexity index is 285. The lowest BCUT2D eigenvalue weighted by Crippen LogP contribution is -2.37. The molecule has 0 saturated carbocycles. The lowest BCUT2D eigenvalue weighted by atomic mass is 10.0. The molecule has 0 fully saturated rings. The fourth-order valence-corrected chi connectivity index (χ4v) is 1.99. The zero-order valence-corrected chi connectivity index (χ0v) is 12.3. The molecule has 0 radical (unpaired) electrons. The van der Waals surface area contributed by atoms with Crippen molar-refractivity contribution in [1.82, 2.24) is 10.6 Å². The largest absolute Gasteiger partial charge is 0.481 e. The second kappa shape index (κ2) is 11.9. The number of carbonyl (C=O) groups is 2. The van der Waals surface area contributed by atoms with Gasteiger partial charge in [-0.1, -0.05) is 13.0 Å². The average molecular weight is 288 g/mol. The summed E-state index contributed by atoms with van der Waals surface area (Å²) in [6.07, 6.45) is 3.47. The van der Waals surface area contributed by atoms with E-state index in [1.807, 2.05) is 13.0 Å². The number of amides is 2. The fourth-order valence-electron chi connectivity index (χ4n) is 1.41. The number of aliphatic carboxylic acids is 1. The van der Waals surface area contributed by atoms with Crippen LogP contribution in [0.3, 0.4) is 0 Å². The molecule has 0 spiro atoms. The van der Waals surface area contributed by atoms with E-state index < -0.39 is 5.97 Å². The number of carboxylic acids is 1. The van der Waals surface area contributed by atoms with Gasteiger partial charge in [0.15, 0.2) is 0 Å². The minimum Gasteiger partial charge on any atom is -0.481 e. The van der Waals surface area contributed by atoms with Gasteiger partial charge in [0, 0.05) is 31.0 Å². The van der Waals surface area contributed by atoms with Crippen molar-refractivity contribution in [2.45, 2.75) is 26.2 Å². The van der Waals surface area contributed by atoms with Gasteiger partial charge in [0.1, 0.15) is 0 Å². The van der Waals surface area contributed by atoms with Gasteiger partial charge in [-0.05, 0) is 18.8 Å². The van der Waals surface area contributed by atoms with Crippen molar-refractivity contribution in [3.8, 4) is 0 Å². The molecule has 0 aromatic rings. The van der Waals surface area contributed by atoms with Crippen LogP contribution in [0, 0.1) is 5.92 Å². The molecular formula is C13H24N2O3S. The first-order valence-electron chi connectivity index (χ1n) is 6.48. The van der Waals surface area contributed by atoms with Crippen molar-refractivity contribution in [3.63, 3.8) is 0 Å². The molecular weight excluding hydrogens is 264 g/mol. The van der Waals surface area contributed by atoms with E-state index in [2.05, 4.69) is 17.2 Å². The highest BCUT2D eigenvalue weighted by atomic mass is 32.2. The van der Waals surface area contributed by atoms with Crippen LogP contribution < -0.4 is 10.6 Å². The zero-order valence-electron chi connectivity index (χ0n) is 11.5. The van der Waals surface area contributed by atoms with Crippen molar-refractivity contribution in [3.05, 3.63) is 12.7 Å². The summed E-state index contributed by atoms with van der Waals surface area (Å²) in [6.45, 7) is 6.83. The van der Waals surface area contributed by atoms with Crippen LogP contribution in [0.15, 0.2) is 12.7 Å². The van der Waals surface area contributed by atoms with Crippen LogP contribution in [-0.2, 0) is 4.79 Å². The standard InChI is InChI=1S/C13H24N2O3S/c1-3-9-19-10-8-15-13(18)14-7-6-11(2)4-5-12(16)17/h3,11H,1,4-10H2,2H3,(H,16,17)(H2,14,15,18). The van der Waals surface area contributed by atoms with E-state index in [4.69, 9.17) is 5.11 Å². The van der Waals surface area contributed by atoms with Crippen molar-refractivity contribution >= 4 is 23.8 Å². The number of hydrogen-bond donors (Lipinski definition) is 3. The molecule has 0 bridgehead atoms. The maximum atomic E-state index is 11.4. The molecule has 6 heteroatoms. The predicted octanol–water partition coefficient (Wildman–Crippen LogP) is 2.10. The van der Waals surface area contributed by atoms with Crippen LogP contribution in [0.4, 0.5) is 4.79 Å². The molecule has 3 N–H and O–H groups in total. The third kappa shape index (κ3) is 13.1. The molecule has 110 valence electrons. The molecule has 19 heavy (non-hydrogen) atoms. The number of carbonyl (C=O) groups excluding carboxylic acids is 1. The Morgan fingerprint density at radius 1 is 1.32 bits per heavy atom. The molecule has 0 aliphatic heterocycles. The molecule has 0 aromatic heterocycles. The molecule has 2 amide bonds. The van der Waals surface area contributed by atoms with Gasteiger partial charge in [-0.25, -0.2) is 4.79 Å². The second-order valence-electron chi connectivity index (χ2n) is 4.37. The first-order chi connectivity index (χ1) is 9.06. The van der Waals surface area contributed by atoms with Crippen LogP contribution in [0.25, 0.3) is 0 Å². The fraction of sp³-hybridized carbons (Fsp3) is 0.692. The van der Waals surface area contributed by atoms with Gasteiger partial charge in [-0.15, -0.1) is 6.58 Å². The molecule has 0 rings (SSSR count). The van der Waals surface area contributed by atoms with Gasteiger partial charge < -0.3 is 15.7 Å². The monoisotopic (exact) mass is 288 g/mol. The van der Waals surface area contributed by atoms with Gasteiger partial charge in [-0.3, -0.25) is 4.79 Å². The number of urea groups is 1. The Labute approximate surface area is 119 Å². The number of rotatable bonds is 11. The summed E-state index contributed by atoms with van der Waals surface area (Å²) in [7, 11) is 0. The molecule has 1 atom stereocenters. The molecule has 0 aromatic carbocycles. The van der Waals surface area contributed by atoms with E-state index >= 15 is 0 Å². The topological polar surface area (TPSA) is 78.4 Å². The van der Waals surface area contributed by atoms with Crippen molar-refractivity contribution in [1.29, 1.82) is 0 Å². The van der Waals surface area contributed by atoms with Gasteiger partial charge in [0.25, 0.3) is 0 Å². The summed E-state index contributed by atoms with van der Waals surface area (Å²) >= 11 is 1.72. The van der Waals surface area contributed by atoms with E-state index in [9.17, 15) is 9.59 Å². The summed E-state index contributed by atoms with van der Waals surface area (Å²) in [5.74, 6) is 1.30. The van der Waals surface area contributed by atoms with E-state index in [0.29, 0.717) is 25.4 Å². The quantitative estimate of drug-likeness (QED) is 0.402. The van der Waals surface area contributed by atoms with E-state index in [-0.39, 0.29) is 12.5 Å². The van der Waals surface area contributed by atoms with Crippen LogP contribution in [0.5, 0.6) is 0 Å². The summed E-state index contributed by atoms with van der Waals surface area (Å²) in [6, 6.07) is -0.162. The Balaban J connectivity index is 3.41. The summed E-state index contributed by atoms with van der Waals surface area (Å²) < 4.78 is 0. The Kier molecular flexibility index (Phi) is 11.2. The Morgan fingerprint density at radius 3 is 2.63 bits per heavy atom. The van der Waals surface area contributed by atoms with Crippen molar-refractivity contribution < 1.29 is 14.7 Å². The summed E-state index contributed by atoms with van der Waals surface area (Å²) in [5.41, 5.74) is 0. The smallest absolute Gasteiger partial charge is 0.314 e. The lowest BCUT2D eigenvalue weighted by molar-refractivity contribution is -0.137. The lowest BCUT2D eigenvalue weighted by Gasteiger charge is -2.11. The Hall–Kier alpha value is -1.17. The highest BCUT2D eigenvalue weighted by Gasteiger charge is 2.06. The van der Waals surface area contributed by atoms with Crippen LogP contribution in [-0.4, -0.2) is 41.7 Å². The number of carboxylic acid groups (broad SMARTS) is 1. The number of thioether (sulfide) groups is 1. The van der Waals surface area contributed by atoms with E-state index in [1.54, 1.807) is 11.8 Å². The van der Waals surface area contributed by atoms with Gasteiger partial charge in [0.2, 0.25) is 0 Å². The molecule has 0 aliphatic rings. The summed E-state index contributed by atoms with van der Waals surface area (Å²) in [5, 5.41) is 14.1. The zero-order chi connectivity index (χ0) is 14.5. The maximum Gasteiger partial charge on any atom is 0.314 e. The highest BCUT2D eigenvalue weighted by molar-refractivity contribution is 7.99. The predicted molar refractivity (Wildman–Crippen MR) is 79.6 cm³/mol. The molecule has 1 unspecified atom stereocenters. The van der Waals surface area contributed by atoms with Crippen LogP contribution in [0.1, 0.15) is 26.2 Å². The minimum absolute atomic E-state index is 0.162. The first kappa shape index (κ1) is 17.8. The summed E-state index contributed by atoms with van der Waals surface area (Å²) in [4.78, 5) is 21.8. The van der Waals surface area contributed by atoms with E-state index in [0.717, 1.165) is 17.9 Å². The SMILES string of the molecule is C=CCSCCNC(=O)NCCC(C)CCC(=O)O. The van der Waals surface area contributed by atoms with Gasteiger partial charge in [0.05, 0.1) is 0 Å². The average Bonchev–Trinajstić information content (AvgIpc) is 2.36. The maximum absolute atomic E-state index is 11.4. The molecule has 0 aliphatic carbocycles. The normalized spacial score (nSPS) is 11.6. The molecule has 0 saturated heterocycles. The number of hydrogen-bond acceptors (Lipinski definition) is 3. The van der Waals surface area contributed by atoms with E-state index in [1.165, 1.54) is 0 Å². The first-order valence-corrected chi connectivity index (χ1v) is 7.63. The van der Waals surface area contributed by atoms with Gasteiger partial charge >= 0.3 is 12.0 Å². The second-order valence-corrected chi connectivity index (χ2v) is 5.52. The van der Waals surface area contributed by atoms with Crippen molar-refractivity contribution in [2.24, 2.45) is 5.92 Å². The van der Waals surface area contributed by atoms with Crippen LogP contribution in [0.2, 0.25) is 0 Å². The molecule has 0 heterocycles. The number of nitrogens with one attached hydrogen (secondary N) is 2. The molecule has 5 nitrogen and oxygen atoms in total.